The van der Waals surface area contributed by atoms with Gasteiger partial charge < -0.3 is 5.11 Å². The highest BCUT2D eigenvalue weighted by Crippen LogP contribution is 2.44. The molecule has 0 fully saturated rings. The number of benzene rings is 1. The number of hydrogen-bond acceptors (Lipinski definition) is 1. The first-order valence-electron chi connectivity index (χ1n) is 5.59. The molecule has 1 aromatic carbocycles. The molecule has 0 atom stereocenters. The minimum absolute atomic E-state index is 0.122. The number of carboxylic acids is 1. The molecular weight excluding hydrogens is 297 g/mol. The van der Waals surface area contributed by atoms with Crippen LogP contribution in [0.5, 0.6) is 0 Å². The van der Waals surface area contributed by atoms with Crippen molar-refractivity contribution < 1.29 is 18.7 Å². The lowest BCUT2D eigenvalue weighted by atomic mass is 9.81. The summed E-state index contributed by atoms with van der Waals surface area (Å²) in [4.78, 5) is 10.7. The molecule has 0 aliphatic heterocycles. The Morgan fingerprint density at radius 1 is 1.32 bits per heavy atom. The summed E-state index contributed by atoms with van der Waals surface area (Å²) in [5.41, 5.74) is -1.38. The summed E-state index contributed by atoms with van der Waals surface area (Å²) in [6.07, 6.45) is -0.943. The van der Waals surface area contributed by atoms with E-state index in [-0.39, 0.29) is 22.0 Å². The van der Waals surface area contributed by atoms with E-state index in [4.69, 9.17) is 28.3 Å². The maximum absolute atomic E-state index is 14.2. The molecule has 2 nitrogen and oxygen atoms in total. The van der Waals surface area contributed by atoms with Crippen LogP contribution in [0.2, 0.25) is 10.0 Å². The second-order valence-corrected chi connectivity index (χ2v) is 6.08. The molecule has 0 saturated heterocycles. The molecule has 0 saturated carbocycles. The first-order chi connectivity index (χ1) is 8.53. The Kier molecular flexibility index (Phi) is 4.80. The third kappa shape index (κ3) is 4.62. The third-order valence-electron chi connectivity index (χ3n) is 2.66. The van der Waals surface area contributed by atoms with E-state index in [1.807, 2.05) is 0 Å². The fourth-order valence-electron chi connectivity index (χ4n) is 1.95. The van der Waals surface area contributed by atoms with Gasteiger partial charge in [0, 0.05) is 17.0 Å². The standard InChI is InChI=1S/C13H14Cl2F2O2/c1-12(2,6-11(18)19)7-13(16,17)9-4-3-8(14)5-10(9)15/h3-5H,6-7H2,1-2H3,(H,18,19). The van der Waals surface area contributed by atoms with Crippen molar-refractivity contribution in [2.75, 3.05) is 0 Å². The molecule has 0 radical (unpaired) electrons. The van der Waals surface area contributed by atoms with Crippen molar-refractivity contribution in [3.8, 4) is 0 Å². The highest BCUT2D eigenvalue weighted by Gasteiger charge is 2.40. The van der Waals surface area contributed by atoms with Crippen molar-refractivity contribution in [2.24, 2.45) is 5.41 Å². The van der Waals surface area contributed by atoms with E-state index in [0.29, 0.717) is 0 Å². The molecule has 6 heteroatoms. The largest absolute Gasteiger partial charge is 0.481 e. The van der Waals surface area contributed by atoms with Crippen LogP contribution in [0.3, 0.4) is 0 Å². The first kappa shape index (κ1) is 16.2. The Morgan fingerprint density at radius 3 is 2.37 bits per heavy atom. The summed E-state index contributed by atoms with van der Waals surface area (Å²) in [5.74, 6) is -4.32. The molecule has 1 rings (SSSR count). The maximum Gasteiger partial charge on any atom is 0.303 e. The number of aliphatic carboxylic acids is 1. The van der Waals surface area contributed by atoms with Gasteiger partial charge in [0.15, 0.2) is 0 Å². The van der Waals surface area contributed by atoms with Crippen LogP contribution in [0, 0.1) is 5.41 Å². The summed E-state index contributed by atoms with van der Waals surface area (Å²) < 4.78 is 28.3. The zero-order valence-electron chi connectivity index (χ0n) is 10.5. The fourth-order valence-corrected chi connectivity index (χ4v) is 2.50. The van der Waals surface area contributed by atoms with Crippen molar-refractivity contribution >= 4 is 29.2 Å². The molecule has 1 N–H and O–H groups in total. The number of alkyl halides is 2. The summed E-state index contributed by atoms with van der Waals surface area (Å²) in [7, 11) is 0. The normalized spacial score (nSPS) is 12.5. The lowest BCUT2D eigenvalue weighted by Gasteiger charge is -2.28. The van der Waals surface area contributed by atoms with Gasteiger partial charge in [-0.2, -0.15) is 0 Å². The van der Waals surface area contributed by atoms with Gasteiger partial charge in [-0.25, -0.2) is 8.78 Å². The van der Waals surface area contributed by atoms with Gasteiger partial charge in [0.1, 0.15) is 0 Å². The number of carboxylic acid groups (broad SMARTS) is 1. The van der Waals surface area contributed by atoms with Crippen LogP contribution in [0.1, 0.15) is 32.3 Å². The topological polar surface area (TPSA) is 37.3 Å². The van der Waals surface area contributed by atoms with Crippen LogP contribution in [0.4, 0.5) is 8.78 Å². The second kappa shape index (κ2) is 5.63. The van der Waals surface area contributed by atoms with E-state index >= 15 is 0 Å². The van der Waals surface area contributed by atoms with Gasteiger partial charge in [0.05, 0.1) is 11.4 Å². The summed E-state index contributed by atoms with van der Waals surface area (Å²) in [6.45, 7) is 2.97. The average molecular weight is 311 g/mol. The minimum atomic E-state index is -3.21. The predicted octanol–water partition coefficient (Wildman–Crippen LogP) is 4.98. The van der Waals surface area contributed by atoms with Crippen molar-refractivity contribution in [3.63, 3.8) is 0 Å². The fraction of sp³-hybridized carbons (Fsp3) is 0.462. The molecular formula is C13H14Cl2F2O2. The highest BCUT2D eigenvalue weighted by atomic mass is 35.5. The Hall–Kier alpha value is -0.870. The van der Waals surface area contributed by atoms with E-state index in [9.17, 15) is 13.6 Å². The van der Waals surface area contributed by atoms with Crippen LogP contribution in [0.15, 0.2) is 18.2 Å². The molecule has 1 aromatic rings. The lowest BCUT2D eigenvalue weighted by Crippen LogP contribution is -2.27. The van der Waals surface area contributed by atoms with Crippen molar-refractivity contribution in [3.05, 3.63) is 33.8 Å². The number of hydrogen-bond donors (Lipinski definition) is 1. The molecule has 0 heterocycles. The average Bonchev–Trinajstić information content (AvgIpc) is 2.11. The van der Waals surface area contributed by atoms with Gasteiger partial charge >= 0.3 is 5.97 Å². The summed E-state index contributed by atoms with van der Waals surface area (Å²) in [6, 6.07) is 3.75. The minimum Gasteiger partial charge on any atom is -0.481 e. The Labute approximate surface area is 120 Å². The van der Waals surface area contributed by atoms with Crippen LogP contribution in [-0.2, 0) is 10.7 Å². The van der Waals surface area contributed by atoms with Crippen molar-refractivity contribution in [2.45, 2.75) is 32.6 Å². The highest BCUT2D eigenvalue weighted by molar-refractivity contribution is 6.35. The van der Waals surface area contributed by atoms with Gasteiger partial charge in [-0.05, 0) is 17.5 Å². The number of rotatable bonds is 5. The van der Waals surface area contributed by atoms with Gasteiger partial charge in [-0.15, -0.1) is 0 Å². The van der Waals surface area contributed by atoms with Gasteiger partial charge in [-0.1, -0.05) is 43.1 Å². The van der Waals surface area contributed by atoms with Crippen LogP contribution < -0.4 is 0 Å². The van der Waals surface area contributed by atoms with Crippen LogP contribution in [0.25, 0.3) is 0 Å². The van der Waals surface area contributed by atoms with E-state index < -0.39 is 23.7 Å². The van der Waals surface area contributed by atoms with Gasteiger partial charge in [0.2, 0.25) is 0 Å². The van der Waals surface area contributed by atoms with Crippen molar-refractivity contribution in [1.29, 1.82) is 0 Å². The van der Waals surface area contributed by atoms with E-state index in [1.54, 1.807) is 0 Å². The Bertz CT molecular complexity index is 488. The zero-order valence-corrected chi connectivity index (χ0v) is 12.0. The molecule has 0 bridgehead atoms. The Balaban J connectivity index is 3.00. The van der Waals surface area contributed by atoms with Gasteiger partial charge in [-0.3, -0.25) is 4.79 Å². The first-order valence-corrected chi connectivity index (χ1v) is 6.34. The molecule has 0 aliphatic carbocycles. The van der Waals surface area contributed by atoms with Crippen LogP contribution >= 0.6 is 23.2 Å². The van der Waals surface area contributed by atoms with Crippen LogP contribution in [-0.4, -0.2) is 11.1 Å². The van der Waals surface area contributed by atoms with E-state index in [1.165, 1.54) is 32.0 Å². The molecule has 0 unspecified atom stereocenters. The molecule has 0 aliphatic rings. The molecule has 0 spiro atoms. The number of carbonyl (C=O) groups is 1. The molecule has 0 amide bonds. The predicted molar refractivity (Wildman–Crippen MR) is 71.0 cm³/mol. The van der Waals surface area contributed by atoms with Gasteiger partial charge in [0.25, 0.3) is 5.92 Å². The zero-order chi connectivity index (χ0) is 14.8. The quantitative estimate of drug-likeness (QED) is 0.833. The van der Waals surface area contributed by atoms with Crippen molar-refractivity contribution in [1.82, 2.24) is 0 Å². The second-order valence-electron chi connectivity index (χ2n) is 5.24. The monoisotopic (exact) mass is 310 g/mol. The summed E-state index contributed by atoms with van der Waals surface area (Å²) in [5, 5.41) is 8.87. The Morgan fingerprint density at radius 2 is 1.89 bits per heavy atom. The molecule has 19 heavy (non-hydrogen) atoms. The lowest BCUT2D eigenvalue weighted by molar-refractivity contribution is -0.140. The SMILES string of the molecule is CC(C)(CC(=O)O)CC(F)(F)c1ccc(Cl)cc1Cl. The number of halogens is 4. The molecule has 106 valence electrons. The summed E-state index contributed by atoms with van der Waals surface area (Å²) >= 11 is 11.4. The third-order valence-corrected chi connectivity index (χ3v) is 3.20. The molecule has 0 aromatic heterocycles. The smallest absolute Gasteiger partial charge is 0.303 e. The van der Waals surface area contributed by atoms with E-state index in [0.717, 1.165) is 0 Å². The van der Waals surface area contributed by atoms with E-state index in [2.05, 4.69) is 0 Å². The maximum atomic E-state index is 14.2.